The lowest BCUT2D eigenvalue weighted by Crippen LogP contribution is -2.18. The number of benzene rings is 1. The number of rotatable bonds is 4. The lowest BCUT2D eigenvalue weighted by Gasteiger charge is -2.12. The van der Waals surface area contributed by atoms with Gasteiger partial charge in [-0.05, 0) is 24.5 Å². The van der Waals surface area contributed by atoms with Crippen LogP contribution in [0.3, 0.4) is 0 Å². The number of aromatic nitrogens is 6. The molecule has 0 bridgehead atoms. The Morgan fingerprint density at radius 3 is 2.69 bits per heavy atom. The van der Waals surface area contributed by atoms with Crippen LogP contribution in [0.5, 0.6) is 5.75 Å². The van der Waals surface area contributed by atoms with Gasteiger partial charge >= 0.3 is 6.36 Å². The standard InChI is InChI=1S/C14H9F3N6OS2/c1-7-11(26-22-18-7)12-21-23-10(19-20-13(23)25-12)6-8-4-2-3-5-9(8)24-14(15,16)17/h2-5H,6H2,1H3. The number of halogens is 3. The maximum Gasteiger partial charge on any atom is 0.573 e. The predicted octanol–water partition coefficient (Wildman–Crippen LogP) is 3.50. The number of fused-ring (bicyclic) bond motifs is 1. The molecule has 3 heterocycles. The van der Waals surface area contributed by atoms with Gasteiger partial charge in [-0.25, -0.2) is 0 Å². The molecule has 134 valence electrons. The van der Waals surface area contributed by atoms with Crippen LogP contribution in [0.2, 0.25) is 0 Å². The van der Waals surface area contributed by atoms with Gasteiger partial charge in [0.15, 0.2) is 10.8 Å². The summed E-state index contributed by atoms with van der Waals surface area (Å²) in [5.41, 5.74) is 1.09. The number of para-hydroxylation sites is 1. The Bertz CT molecular complexity index is 1070. The fraction of sp³-hybridized carbons (Fsp3) is 0.214. The highest BCUT2D eigenvalue weighted by atomic mass is 32.1. The minimum Gasteiger partial charge on any atom is -0.405 e. The molecule has 0 amide bonds. The zero-order valence-electron chi connectivity index (χ0n) is 13.1. The van der Waals surface area contributed by atoms with E-state index in [0.717, 1.165) is 10.6 Å². The molecule has 1 aromatic carbocycles. The fourth-order valence-corrected chi connectivity index (χ4v) is 3.96. The van der Waals surface area contributed by atoms with Gasteiger partial charge in [-0.2, -0.15) is 9.61 Å². The molecule has 0 aliphatic rings. The first kappa shape index (κ1) is 16.8. The largest absolute Gasteiger partial charge is 0.573 e. The van der Waals surface area contributed by atoms with Crippen LogP contribution in [0.15, 0.2) is 24.3 Å². The number of hydrogen-bond acceptors (Lipinski definition) is 8. The molecule has 0 radical (unpaired) electrons. The average Bonchev–Trinajstić information content (AvgIpc) is 3.24. The molecule has 4 aromatic rings. The van der Waals surface area contributed by atoms with Crippen molar-refractivity contribution >= 4 is 27.8 Å². The van der Waals surface area contributed by atoms with Gasteiger partial charge in [0.05, 0.1) is 5.69 Å². The van der Waals surface area contributed by atoms with E-state index in [1.54, 1.807) is 12.1 Å². The first-order chi connectivity index (χ1) is 12.4. The zero-order chi connectivity index (χ0) is 18.3. The Kier molecular flexibility index (Phi) is 4.07. The van der Waals surface area contributed by atoms with Gasteiger partial charge in [0, 0.05) is 12.0 Å². The predicted molar refractivity (Wildman–Crippen MR) is 88.2 cm³/mol. The summed E-state index contributed by atoms with van der Waals surface area (Å²) in [5, 5.41) is 17.2. The summed E-state index contributed by atoms with van der Waals surface area (Å²) in [6, 6.07) is 5.92. The van der Waals surface area contributed by atoms with Crippen molar-refractivity contribution in [3.05, 3.63) is 41.3 Å². The minimum absolute atomic E-state index is 0.0938. The summed E-state index contributed by atoms with van der Waals surface area (Å²) in [6.07, 6.45) is -4.67. The van der Waals surface area contributed by atoms with Crippen LogP contribution < -0.4 is 4.74 Å². The van der Waals surface area contributed by atoms with Gasteiger partial charge in [0.1, 0.15) is 10.6 Å². The van der Waals surface area contributed by atoms with E-state index < -0.39 is 6.36 Å². The van der Waals surface area contributed by atoms with E-state index in [-0.39, 0.29) is 12.2 Å². The molecule has 7 nitrogen and oxygen atoms in total. The quantitative estimate of drug-likeness (QED) is 0.524. The van der Waals surface area contributed by atoms with Crippen molar-refractivity contribution in [2.75, 3.05) is 0 Å². The summed E-state index contributed by atoms with van der Waals surface area (Å²) < 4.78 is 47.2. The Balaban J connectivity index is 1.69. The van der Waals surface area contributed by atoms with Gasteiger partial charge in [-0.3, -0.25) is 0 Å². The average molecular weight is 398 g/mol. The molecule has 0 N–H and O–H groups in total. The fourth-order valence-electron chi connectivity index (χ4n) is 2.33. The van der Waals surface area contributed by atoms with Crippen molar-refractivity contribution in [1.82, 2.24) is 29.4 Å². The van der Waals surface area contributed by atoms with E-state index in [4.69, 9.17) is 0 Å². The molecular weight excluding hydrogens is 389 g/mol. The van der Waals surface area contributed by atoms with Gasteiger partial charge < -0.3 is 4.74 Å². The number of aryl methyl sites for hydroxylation is 1. The minimum atomic E-state index is -4.76. The van der Waals surface area contributed by atoms with E-state index in [9.17, 15) is 13.2 Å². The number of nitrogens with zero attached hydrogens (tertiary/aromatic N) is 6. The third-order valence-corrected chi connectivity index (χ3v) is 5.33. The van der Waals surface area contributed by atoms with Crippen LogP contribution in [-0.2, 0) is 6.42 Å². The first-order valence-electron chi connectivity index (χ1n) is 7.25. The Labute approximate surface area is 152 Å². The van der Waals surface area contributed by atoms with E-state index in [1.807, 2.05) is 6.92 Å². The van der Waals surface area contributed by atoms with Crippen LogP contribution >= 0.6 is 22.9 Å². The molecule has 0 spiro atoms. The SMILES string of the molecule is Cc1nnsc1-c1nn2c(Cc3ccccc3OC(F)(F)F)nnc2s1. The molecule has 12 heteroatoms. The second-order valence-corrected chi connectivity index (χ2v) is 6.95. The van der Waals surface area contributed by atoms with Crippen molar-refractivity contribution in [2.45, 2.75) is 19.7 Å². The van der Waals surface area contributed by atoms with Crippen LogP contribution in [0.4, 0.5) is 13.2 Å². The summed E-state index contributed by atoms with van der Waals surface area (Å²) in [5.74, 6) is 0.144. The summed E-state index contributed by atoms with van der Waals surface area (Å²) >= 11 is 2.53. The van der Waals surface area contributed by atoms with Crippen molar-refractivity contribution in [3.8, 4) is 15.6 Å². The molecule has 0 unspecified atom stereocenters. The van der Waals surface area contributed by atoms with E-state index in [1.165, 1.54) is 39.5 Å². The first-order valence-corrected chi connectivity index (χ1v) is 8.84. The molecule has 3 aromatic heterocycles. The molecular formula is C14H9F3N6OS2. The van der Waals surface area contributed by atoms with Gasteiger partial charge in [0.25, 0.3) is 0 Å². The van der Waals surface area contributed by atoms with E-state index in [2.05, 4.69) is 29.6 Å². The summed E-state index contributed by atoms with van der Waals surface area (Å²) in [4.78, 5) is 1.37. The van der Waals surface area contributed by atoms with E-state index in [0.29, 0.717) is 21.4 Å². The van der Waals surface area contributed by atoms with Crippen LogP contribution in [0.25, 0.3) is 14.8 Å². The van der Waals surface area contributed by atoms with Crippen molar-refractivity contribution < 1.29 is 17.9 Å². The van der Waals surface area contributed by atoms with Gasteiger partial charge in [-0.15, -0.1) is 28.5 Å². The molecule has 4 rings (SSSR count). The van der Waals surface area contributed by atoms with Crippen molar-refractivity contribution in [3.63, 3.8) is 0 Å². The van der Waals surface area contributed by atoms with Crippen molar-refractivity contribution in [2.24, 2.45) is 0 Å². The van der Waals surface area contributed by atoms with Gasteiger partial charge in [-0.1, -0.05) is 34.0 Å². The zero-order valence-corrected chi connectivity index (χ0v) is 14.7. The highest BCUT2D eigenvalue weighted by Gasteiger charge is 2.32. The smallest absolute Gasteiger partial charge is 0.405 e. The Morgan fingerprint density at radius 2 is 1.96 bits per heavy atom. The second kappa shape index (κ2) is 6.29. The van der Waals surface area contributed by atoms with Crippen LogP contribution in [-0.4, -0.2) is 35.8 Å². The molecule has 0 fully saturated rings. The number of alkyl halides is 3. The lowest BCUT2D eigenvalue weighted by atomic mass is 10.1. The third-order valence-electron chi connectivity index (χ3n) is 3.45. The normalized spacial score (nSPS) is 12.0. The maximum atomic E-state index is 12.6. The second-order valence-electron chi connectivity index (χ2n) is 5.24. The highest BCUT2D eigenvalue weighted by Crippen LogP contribution is 2.31. The molecule has 26 heavy (non-hydrogen) atoms. The molecule has 0 saturated carbocycles. The Morgan fingerprint density at radius 1 is 1.15 bits per heavy atom. The highest BCUT2D eigenvalue weighted by molar-refractivity contribution is 7.23. The molecule has 0 aliphatic heterocycles. The monoisotopic (exact) mass is 398 g/mol. The number of ether oxygens (including phenoxy) is 1. The summed E-state index contributed by atoms with van der Waals surface area (Å²) in [7, 11) is 0. The van der Waals surface area contributed by atoms with Crippen LogP contribution in [0, 0.1) is 6.92 Å². The lowest BCUT2D eigenvalue weighted by molar-refractivity contribution is -0.274. The van der Waals surface area contributed by atoms with Gasteiger partial charge in [0.2, 0.25) is 4.96 Å². The van der Waals surface area contributed by atoms with E-state index >= 15 is 0 Å². The maximum absolute atomic E-state index is 12.6. The van der Waals surface area contributed by atoms with Crippen LogP contribution in [0.1, 0.15) is 17.1 Å². The molecule has 0 saturated heterocycles. The number of hydrogen-bond donors (Lipinski definition) is 0. The third kappa shape index (κ3) is 3.24. The topological polar surface area (TPSA) is 78.1 Å². The summed E-state index contributed by atoms with van der Waals surface area (Å²) in [6.45, 7) is 1.83. The molecule has 0 atom stereocenters. The Hall–Kier alpha value is -2.60. The van der Waals surface area contributed by atoms with Crippen molar-refractivity contribution in [1.29, 1.82) is 0 Å². The molecule has 0 aliphatic carbocycles.